The first kappa shape index (κ1) is 21.3. The van der Waals surface area contributed by atoms with Gasteiger partial charge < -0.3 is 5.32 Å². The van der Waals surface area contributed by atoms with Gasteiger partial charge in [-0.05, 0) is 61.4 Å². The zero-order chi connectivity index (χ0) is 21.3. The quantitative estimate of drug-likeness (QED) is 0.719. The number of piperidine rings is 1. The number of nitrogens with zero attached hydrogens (tertiary/aromatic N) is 1. The van der Waals surface area contributed by atoms with Gasteiger partial charge in [-0.1, -0.05) is 35.9 Å². The second-order valence-corrected chi connectivity index (χ2v) is 10.3. The summed E-state index contributed by atoms with van der Waals surface area (Å²) in [5, 5.41) is 3.82. The lowest BCUT2D eigenvalue weighted by atomic mass is 9.95. The van der Waals surface area contributed by atoms with Crippen LogP contribution in [0.25, 0.3) is 0 Å². The molecule has 2 aromatic rings. The van der Waals surface area contributed by atoms with Gasteiger partial charge >= 0.3 is 0 Å². The molecule has 1 saturated carbocycles. The van der Waals surface area contributed by atoms with Gasteiger partial charge in [0.2, 0.25) is 15.9 Å². The van der Waals surface area contributed by atoms with E-state index in [1.807, 2.05) is 24.3 Å². The summed E-state index contributed by atoms with van der Waals surface area (Å²) in [5.74, 6) is -0.639. The lowest BCUT2D eigenvalue weighted by molar-refractivity contribution is -0.127. The Labute approximate surface area is 181 Å². The summed E-state index contributed by atoms with van der Waals surface area (Å²) >= 11 is 5.98. The summed E-state index contributed by atoms with van der Waals surface area (Å²) in [7, 11) is -3.90. The Morgan fingerprint density at radius 1 is 1.03 bits per heavy atom. The van der Waals surface area contributed by atoms with E-state index < -0.39 is 15.8 Å². The van der Waals surface area contributed by atoms with Crippen LogP contribution in [0.15, 0.2) is 53.4 Å². The smallest absolute Gasteiger partial charge is 0.245 e. The predicted molar refractivity (Wildman–Crippen MR) is 113 cm³/mol. The monoisotopic (exact) mass is 450 g/mol. The maximum Gasteiger partial charge on any atom is 0.245 e. The van der Waals surface area contributed by atoms with Crippen molar-refractivity contribution in [1.82, 2.24) is 9.62 Å². The first-order chi connectivity index (χ1) is 14.4. The van der Waals surface area contributed by atoms with Crippen molar-refractivity contribution >= 4 is 27.5 Å². The third-order valence-electron chi connectivity index (χ3n) is 5.90. The van der Waals surface area contributed by atoms with Crippen LogP contribution in [0.2, 0.25) is 5.02 Å². The van der Waals surface area contributed by atoms with Gasteiger partial charge in [-0.25, -0.2) is 12.8 Å². The van der Waals surface area contributed by atoms with E-state index in [-0.39, 0.29) is 35.9 Å². The maximum absolute atomic E-state index is 14.0. The Balaban J connectivity index is 1.39. The van der Waals surface area contributed by atoms with E-state index in [1.165, 1.54) is 22.5 Å². The number of benzene rings is 2. The number of carbonyl (C=O) groups excluding carboxylic acids is 1. The number of carbonyl (C=O) groups is 1. The number of rotatable bonds is 6. The molecule has 0 aromatic heterocycles. The van der Waals surface area contributed by atoms with Crippen LogP contribution >= 0.6 is 11.6 Å². The van der Waals surface area contributed by atoms with Crippen LogP contribution in [0.4, 0.5) is 4.39 Å². The number of halogens is 2. The minimum Gasteiger partial charge on any atom is -0.349 e. The molecule has 1 heterocycles. The van der Waals surface area contributed by atoms with Crippen molar-refractivity contribution in [3.05, 3.63) is 64.9 Å². The lowest BCUT2D eigenvalue weighted by Crippen LogP contribution is -2.44. The second-order valence-electron chi connectivity index (χ2n) is 7.98. The Morgan fingerprint density at radius 3 is 2.27 bits per heavy atom. The van der Waals surface area contributed by atoms with Gasteiger partial charge in [0.1, 0.15) is 10.7 Å². The molecular weight excluding hydrogens is 427 g/mol. The number of hydrogen-bond acceptors (Lipinski definition) is 3. The molecule has 0 spiro atoms. The molecule has 0 unspecified atom stereocenters. The Bertz CT molecular complexity index is 1020. The van der Waals surface area contributed by atoms with Crippen LogP contribution in [0.5, 0.6) is 0 Å². The van der Waals surface area contributed by atoms with Crippen molar-refractivity contribution in [2.75, 3.05) is 13.1 Å². The van der Waals surface area contributed by atoms with E-state index in [2.05, 4.69) is 5.32 Å². The predicted octanol–water partition coefficient (Wildman–Crippen LogP) is 4.15. The molecule has 30 heavy (non-hydrogen) atoms. The highest BCUT2D eigenvalue weighted by molar-refractivity contribution is 7.89. The maximum atomic E-state index is 14.0. The summed E-state index contributed by atoms with van der Waals surface area (Å²) in [4.78, 5) is 12.6. The SMILES string of the molecule is O=C(N[C@@H](c1ccc(Cl)cc1)C1CC1)C1CCN(S(=O)(=O)c2ccccc2F)CC1. The normalized spacial score (nSPS) is 19.4. The molecule has 1 aliphatic carbocycles. The van der Waals surface area contributed by atoms with Crippen LogP contribution in [-0.4, -0.2) is 31.7 Å². The molecule has 0 bridgehead atoms. The van der Waals surface area contributed by atoms with Crippen molar-refractivity contribution in [2.45, 2.75) is 36.6 Å². The standard InChI is InChI=1S/C22H24ClFN2O3S/c23-18-9-7-16(8-10-18)21(15-5-6-15)25-22(27)17-11-13-26(14-12-17)30(28,29)20-4-2-1-3-19(20)24/h1-4,7-10,15,17,21H,5-6,11-14H2,(H,25,27)/t21-/m1/s1. The molecule has 1 aliphatic heterocycles. The fourth-order valence-electron chi connectivity index (χ4n) is 4.00. The van der Waals surface area contributed by atoms with Crippen LogP contribution < -0.4 is 5.32 Å². The molecule has 2 fully saturated rings. The second kappa shape index (κ2) is 8.65. The zero-order valence-corrected chi connectivity index (χ0v) is 18.0. The number of hydrogen-bond donors (Lipinski definition) is 1. The highest BCUT2D eigenvalue weighted by Gasteiger charge is 2.37. The van der Waals surface area contributed by atoms with Gasteiger partial charge in [0.25, 0.3) is 0 Å². The third kappa shape index (κ3) is 4.53. The molecule has 2 aliphatic rings. The number of sulfonamides is 1. The molecule has 1 amide bonds. The number of nitrogens with one attached hydrogen (secondary N) is 1. The molecule has 4 rings (SSSR count). The van der Waals surface area contributed by atoms with Gasteiger partial charge in [-0.2, -0.15) is 4.31 Å². The van der Waals surface area contributed by atoms with E-state index in [1.54, 1.807) is 0 Å². The Kier molecular flexibility index (Phi) is 6.14. The Morgan fingerprint density at radius 2 is 1.67 bits per heavy atom. The van der Waals surface area contributed by atoms with Gasteiger partial charge in [0, 0.05) is 24.0 Å². The third-order valence-corrected chi connectivity index (χ3v) is 8.08. The van der Waals surface area contributed by atoms with Crippen molar-refractivity contribution in [1.29, 1.82) is 0 Å². The van der Waals surface area contributed by atoms with E-state index in [4.69, 9.17) is 11.6 Å². The lowest BCUT2D eigenvalue weighted by Gasteiger charge is -2.31. The molecule has 1 atom stereocenters. The van der Waals surface area contributed by atoms with Crippen LogP contribution in [0.3, 0.4) is 0 Å². The minimum absolute atomic E-state index is 0.0463. The van der Waals surface area contributed by atoms with Gasteiger partial charge in [0.15, 0.2) is 0 Å². The van der Waals surface area contributed by atoms with Gasteiger partial charge in [-0.3, -0.25) is 4.79 Å². The molecule has 1 saturated heterocycles. The Hall–Kier alpha value is -1.96. The van der Waals surface area contributed by atoms with E-state index >= 15 is 0 Å². The molecule has 160 valence electrons. The molecule has 8 heteroatoms. The van der Waals surface area contributed by atoms with E-state index in [0.717, 1.165) is 24.5 Å². The van der Waals surface area contributed by atoms with Crippen LogP contribution in [0, 0.1) is 17.7 Å². The molecular formula is C22H24ClFN2O3S. The summed E-state index contributed by atoms with van der Waals surface area (Å²) in [6.45, 7) is 0.396. The van der Waals surface area contributed by atoms with Gasteiger partial charge in [-0.15, -0.1) is 0 Å². The van der Waals surface area contributed by atoms with E-state index in [9.17, 15) is 17.6 Å². The van der Waals surface area contributed by atoms with Crippen LogP contribution in [0.1, 0.15) is 37.3 Å². The topological polar surface area (TPSA) is 66.5 Å². The van der Waals surface area contributed by atoms with Crippen molar-refractivity contribution < 1.29 is 17.6 Å². The highest BCUT2D eigenvalue weighted by Crippen LogP contribution is 2.41. The highest BCUT2D eigenvalue weighted by atomic mass is 35.5. The van der Waals surface area contributed by atoms with Crippen molar-refractivity contribution in [2.24, 2.45) is 11.8 Å². The average Bonchev–Trinajstić information content (AvgIpc) is 3.58. The van der Waals surface area contributed by atoms with E-state index in [0.29, 0.717) is 23.8 Å². The molecule has 1 N–H and O–H groups in total. The number of amides is 1. The summed E-state index contributed by atoms with van der Waals surface area (Å²) < 4.78 is 40.7. The first-order valence-corrected chi connectivity index (χ1v) is 12.0. The zero-order valence-electron chi connectivity index (χ0n) is 16.4. The van der Waals surface area contributed by atoms with Gasteiger partial charge in [0.05, 0.1) is 6.04 Å². The fraction of sp³-hybridized carbons (Fsp3) is 0.409. The summed E-state index contributed by atoms with van der Waals surface area (Å²) in [6.07, 6.45) is 2.98. The minimum atomic E-state index is -3.90. The average molecular weight is 451 g/mol. The molecule has 5 nitrogen and oxygen atoms in total. The molecule has 2 aromatic carbocycles. The summed E-state index contributed by atoms with van der Waals surface area (Å²) in [6, 6.07) is 12.9. The largest absolute Gasteiger partial charge is 0.349 e. The fourth-order valence-corrected chi connectivity index (χ4v) is 5.66. The van der Waals surface area contributed by atoms with Crippen LogP contribution in [-0.2, 0) is 14.8 Å². The van der Waals surface area contributed by atoms with Crippen molar-refractivity contribution in [3.8, 4) is 0 Å². The first-order valence-electron chi connectivity index (χ1n) is 10.2. The summed E-state index contributed by atoms with van der Waals surface area (Å²) in [5.41, 5.74) is 1.04. The molecule has 0 radical (unpaired) electrons. The van der Waals surface area contributed by atoms with Crippen molar-refractivity contribution in [3.63, 3.8) is 0 Å².